The molecule has 0 fully saturated rings. The number of rotatable bonds is 2. The van der Waals surface area contributed by atoms with Crippen molar-refractivity contribution >= 4 is 35.1 Å². The van der Waals surface area contributed by atoms with E-state index in [0.29, 0.717) is 29.1 Å². The topological polar surface area (TPSA) is 75.4 Å². The lowest BCUT2D eigenvalue weighted by Crippen LogP contribution is -2.36. The summed E-state index contributed by atoms with van der Waals surface area (Å²) in [7, 11) is 1.71. The highest BCUT2D eigenvalue weighted by Crippen LogP contribution is 2.26. The minimum Gasteiger partial charge on any atom is -0.476 e. The molecule has 23 heavy (non-hydrogen) atoms. The fraction of sp³-hybridized carbons (Fsp3) is 0.267. The van der Waals surface area contributed by atoms with E-state index in [1.165, 1.54) is 6.07 Å². The molecule has 0 spiro atoms. The number of amides is 1. The minimum atomic E-state index is -1.10. The molecule has 1 amide bonds. The van der Waals surface area contributed by atoms with Crippen molar-refractivity contribution in [1.82, 2.24) is 14.7 Å². The van der Waals surface area contributed by atoms with Crippen molar-refractivity contribution in [3.63, 3.8) is 0 Å². The van der Waals surface area contributed by atoms with Gasteiger partial charge in [0.25, 0.3) is 5.91 Å². The van der Waals surface area contributed by atoms with Crippen LogP contribution in [0.4, 0.5) is 0 Å². The Morgan fingerprint density at radius 1 is 1.30 bits per heavy atom. The molecule has 8 heteroatoms. The van der Waals surface area contributed by atoms with E-state index in [1.54, 1.807) is 28.8 Å². The second kappa shape index (κ2) is 5.86. The molecular weight excluding hydrogens is 341 g/mol. The third kappa shape index (κ3) is 2.80. The average Bonchev–Trinajstić information content (AvgIpc) is 2.83. The summed E-state index contributed by atoms with van der Waals surface area (Å²) in [5.74, 6) is -1.35. The van der Waals surface area contributed by atoms with Gasteiger partial charge < -0.3 is 10.0 Å². The van der Waals surface area contributed by atoms with Crippen LogP contribution in [-0.4, -0.2) is 38.2 Å². The van der Waals surface area contributed by atoms with E-state index in [1.807, 2.05) is 0 Å². The molecule has 120 valence electrons. The summed E-state index contributed by atoms with van der Waals surface area (Å²) < 4.78 is 1.57. The molecule has 0 bridgehead atoms. The monoisotopic (exact) mass is 353 g/mol. The fourth-order valence-electron chi connectivity index (χ4n) is 2.77. The lowest BCUT2D eigenvalue weighted by atomic mass is 10.0. The van der Waals surface area contributed by atoms with E-state index in [9.17, 15) is 14.7 Å². The maximum atomic E-state index is 12.7. The van der Waals surface area contributed by atoms with Gasteiger partial charge in [-0.3, -0.25) is 9.48 Å². The molecule has 0 unspecified atom stereocenters. The van der Waals surface area contributed by atoms with Gasteiger partial charge in [-0.15, -0.1) is 0 Å². The largest absolute Gasteiger partial charge is 0.476 e. The molecule has 0 saturated carbocycles. The first-order valence-electron chi connectivity index (χ1n) is 6.91. The van der Waals surface area contributed by atoms with Gasteiger partial charge in [0.1, 0.15) is 0 Å². The molecule has 0 radical (unpaired) electrons. The second-order valence-electron chi connectivity index (χ2n) is 5.30. The number of carbonyl (C=O) groups is 2. The average molecular weight is 354 g/mol. The Balaban J connectivity index is 1.92. The Morgan fingerprint density at radius 3 is 2.70 bits per heavy atom. The lowest BCUT2D eigenvalue weighted by molar-refractivity contribution is 0.0674. The zero-order chi connectivity index (χ0) is 16.7. The zero-order valence-corrected chi connectivity index (χ0v) is 13.7. The van der Waals surface area contributed by atoms with Crippen molar-refractivity contribution in [3.05, 3.63) is 50.8 Å². The SMILES string of the molecule is Cn1nc(C(=O)O)c2c1CCN(C(=O)c1ccc(Cl)cc1Cl)C2. The number of halogens is 2. The van der Waals surface area contributed by atoms with Crippen LogP contribution in [0.2, 0.25) is 10.0 Å². The Kier molecular flexibility index (Phi) is 4.04. The molecule has 0 saturated heterocycles. The van der Waals surface area contributed by atoms with E-state index in [0.717, 1.165) is 5.69 Å². The van der Waals surface area contributed by atoms with Gasteiger partial charge in [-0.25, -0.2) is 4.79 Å². The zero-order valence-electron chi connectivity index (χ0n) is 12.2. The van der Waals surface area contributed by atoms with Crippen LogP contribution in [0.15, 0.2) is 18.2 Å². The van der Waals surface area contributed by atoms with Crippen LogP contribution < -0.4 is 0 Å². The summed E-state index contributed by atoms with van der Waals surface area (Å²) in [5, 5.41) is 14.0. The van der Waals surface area contributed by atoms with E-state index >= 15 is 0 Å². The summed E-state index contributed by atoms with van der Waals surface area (Å²) in [6, 6.07) is 4.69. The van der Waals surface area contributed by atoms with Gasteiger partial charge in [0.15, 0.2) is 5.69 Å². The number of carboxylic acids is 1. The number of hydrogen-bond donors (Lipinski definition) is 1. The summed E-state index contributed by atoms with van der Waals surface area (Å²) in [5.41, 5.74) is 1.75. The van der Waals surface area contributed by atoms with Gasteiger partial charge in [-0.2, -0.15) is 5.10 Å². The van der Waals surface area contributed by atoms with Crippen molar-refractivity contribution in [1.29, 1.82) is 0 Å². The second-order valence-corrected chi connectivity index (χ2v) is 6.15. The Bertz CT molecular complexity index is 817. The van der Waals surface area contributed by atoms with Gasteiger partial charge >= 0.3 is 5.97 Å². The van der Waals surface area contributed by atoms with Crippen molar-refractivity contribution in [2.45, 2.75) is 13.0 Å². The number of aromatic nitrogens is 2. The standard InChI is InChI=1S/C15H13Cl2N3O3/c1-19-12-4-5-20(7-10(12)13(18-19)15(22)23)14(21)9-3-2-8(16)6-11(9)17/h2-3,6H,4-5,7H2,1H3,(H,22,23). The van der Waals surface area contributed by atoms with Crippen LogP contribution in [0, 0.1) is 0 Å². The summed E-state index contributed by atoms with van der Waals surface area (Å²) in [6.07, 6.45) is 0.545. The lowest BCUT2D eigenvalue weighted by Gasteiger charge is -2.27. The first kappa shape index (κ1) is 15.8. The highest BCUT2D eigenvalue weighted by molar-refractivity contribution is 6.36. The number of nitrogens with zero attached hydrogens (tertiary/aromatic N) is 3. The molecule has 6 nitrogen and oxygen atoms in total. The molecule has 1 aliphatic rings. The van der Waals surface area contributed by atoms with Crippen molar-refractivity contribution in [3.8, 4) is 0 Å². The van der Waals surface area contributed by atoms with Crippen LogP contribution in [0.3, 0.4) is 0 Å². The van der Waals surface area contributed by atoms with Gasteiger partial charge in [0.05, 0.1) is 17.1 Å². The maximum Gasteiger partial charge on any atom is 0.356 e. The van der Waals surface area contributed by atoms with Gasteiger partial charge in [-0.1, -0.05) is 23.2 Å². The number of hydrogen-bond acceptors (Lipinski definition) is 3. The minimum absolute atomic E-state index is 0.0118. The highest BCUT2D eigenvalue weighted by atomic mass is 35.5. The number of aryl methyl sites for hydroxylation is 1. The smallest absolute Gasteiger partial charge is 0.356 e. The van der Waals surface area contributed by atoms with Crippen LogP contribution in [0.5, 0.6) is 0 Å². The van der Waals surface area contributed by atoms with Crippen molar-refractivity contribution < 1.29 is 14.7 Å². The first-order chi connectivity index (χ1) is 10.9. The van der Waals surface area contributed by atoms with Crippen LogP contribution in [-0.2, 0) is 20.0 Å². The molecule has 1 N–H and O–H groups in total. The molecular formula is C15H13Cl2N3O3. The van der Waals surface area contributed by atoms with Crippen LogP contribution in [0.1, 0.15) is 32.1 Å². The molecule has 1 aliphatic heterocycles. The van der Waals surface area contributed by atoms with Gasteiger partial charge in [0, 0.05) is 36.3 Å². The third-order valence-electron chi connectivity index (χ3n) is 3.89. The number of fused-ring (bicyclic) bond motifs is 1. The summed E-state index contributed by atoms with van der Waals surface area (Å²) in [4.78, 5) is 25.5. The van der Waals surface area contributed by atoms with E-state index in [4.69, 9.17) is 23.2 Å². The molecule has 2 aromatic rings. The van der Waals surface area contributed by atoms with Crippen molar-refractivity contribution in [2.75, 3.05) is 6.54 Å². The molecule has 3 rings (SSSR count). The van der Waals surface area contributed by atoms with Crippen LogP contribution >= 0.6 is 23.2 Å². The van der Waals surface area contributed by atoms with E-state index in [-0.39, 0.29) is 23.2 Å². The molecule has 1 aromatic carbocycles. The third-order valence-corrected chi connectivity index (χ3v) is 4.44. The fourth-order valence-corrected chi connectivity index (χ4v) is 3.26. The molecule has 1 aromatic heterocycles. The predicted octanol–water partition coefficient (Wildman–Crippen LogP) is 2.62. The van der Waals surface area contributed by atoms with Gasteiger partial charge in [-0.05, 0) is 18.2 Å². The van der Waals surface area contributed by atoms with Crippen LogP contribution in [0.25, 0.3) is 0 Å². The molecule has 0 aliphatic carbocycles. The Labute approximate surface area is 142 Å². The normalized spacial score (nSPS) is 13.8. The van der Waals surface area contributed by atoms with E-state index < -0.39 is 5.97 Å². The molecule has 0 atom stereocenters. The summed E-state index contributed by atoms with van der Waals surface area (Å²) >= 11 is 11.9. The number of aromatic carboxylic acids is 1. The summed E-state index contributed by atoms with van der Waals surface area (Å²) in [6.45, 7) is 0.673. The van der Waals surface area contributed by atoms with Gasteiger partial charge in [0.2, 0.25) is 0 Å². The van der Waals surface area contributed by atoms with Crippen molar-refractivity contribution in [2.24, 2.45) is 7.05 Å². The number of carbonyl (C=O) groups excluding carboxylic acids is 1. The number of carboxylic acid groups (broad SMARTS) is 1. The quantitative estimate of drug-likeness (QED) is 0.900. The predicted molar refractivity (Wildman–Crippen MR) is 85.1 cm³/mol. The first-order valence-corrected chi connectivity index (χ1v) is 7.66. The molecule has 2 heterocycles. The van der Waals surface area contributed by atoms with E-state index in [2.05, 4.69) is 5.10 Å². The number of benzene rings is 1. The maximum absolute atomic E-state index is 12.7. The Morgan fingerprint density at radius 2 is 2.04 bits per heavy atom. The highest BCUT2D eigenvalue weighted by Gasteiger charge is 2.30. The Hall–Kier alpha value is -2.05.